The van der Waals surface area contributed by atoms with E-state index in [4.69, 9.17) is 0 Å². The highest BCUT2D eigenvalue weighted by molar-refractivity contribution is 6.13. The van der Waals surface area contributed by atoms with Gasteiger partial charge in [-0.3, -0.25) is 14.5 Å². The van der Waals surface area contributed by atoms with Gasteiger partial charge in [0.05, 0.1) is 12.0 Å². The number of Topliss-reactive ketones (excluding diaryl/α,β-unsaturated/α-hetero) is 1. The summed E-state index contributed by atoms with van der Waals surface area (Å²) in [6, 6.07) is 9.11. The van der Waals surface area contributed by atoms with E-state index in [2.05, 4.69) is 5.32 Å². The van der Waals surface area contributed by atoms with Crippen LogP contribution < -0.4 is 5.32 Å². The van der Waals surface area contributed by atoms with Crippen LogP contribution >= 0.6 is 0 Å². The van der Waals surface area contributed by atoms with Gasteiger partial charge in [-0.2, -0.15) is 0 Å². The number of ketones is 1. The maximum atomic E-state index is 12.4. The molecule has 0 radical (unpaired) electrons. The summed E-state index contributed by atoms with van der Waals surface area (Å²) < 4.78 is 0. The summed E-state index contributed by atoms with van der Waals surface area (Å²) in [6.45, 7) is 1.54. The number of carbonyl (C=O) groups is 2. The molecule has 4 heteroatoms. The third-order valence-electron chi connectivity index (χ3n) is 3.35. The summed E-state index contributed by atoms with van der Waals surface area (Å²) in [5.41, 5.74) is 1.24. The van der Waals surface area contributed by atoms with Crippen LogP contribution in [0.15, 0.2) is 41.7 Å². The van der Waals surface area contributed by atoms with Crippen LogP contribution in [0.1, 0.15) is 23.2 Å². The fourth-order valence-electron chi connectivity index (χ4n) is 2.45. The maximum Gasteiger partial charge on any atom is 0.232 e. The Balaban J connectivity index is 1.96. The number of rotatable bonds is 2. The van der Waals surface area contributed by atoms with Gasteiger partial charge in [-0.1, -0.05) is 30.3 Å². The molecule has 0 spiro atoms. The normalized spacial score (nSPS) is 18.7. The molecule has 1 fully saturated rings. The van der Waals surface area contributed by atoms with Crippen LogP contribution in [0.3, 0.4) is 0 Å². The summed E-state index contributed by atoms with van der Waals surface area (Å²) in [7, 11) is 0. The Bertz CT molecular complexity index is 534. The van der Waals surface area contributed by atoms with E-state index in [1.54, 1.807) is 17.0 Å². The number of amides is 1. The average molecular weight is 242 g/mol. The lowest BCUT2D eigenvalue weighted by molar-refractivity contribution is -0.127. The van der Waals surface area contributed by atoms with E-state index in [1.165, 1.54) is 0 Å². The molecule has 1 amide bonds. The molecule has 1 aromatic rings. The zero-order chi connectivity index (χ0) is 12.5. The van der Waals surface area contributed by atoms with E-state index >= 15 is 0 Å². The van der Waals surface area contributed by atoms with E-state index in [0.29, 0.717) is 17.7 Å². The van der Waals surface area contributed by atoms with Gasteiger partial charge in [0, 0.05) is 18.7 Å². The molecule has 0 aromatic heterocycles. The van der Waals surface area contributed by atoms with E-state index in [1.807, 2.05) is 18.2 Å². The van der Waals surface area contributed by atoms with Crippen molar-refractivity contribution in [2.24, 2.45) is 0 Å². The van der Waals surface area contributed by atoms with Gasteiger partial charge in [0.15, 0.2) is 5.78 Å². The van der Waals surface area contributed by atoms with Crippen LogP contribution in [-0.4, -0.2) is 29.7 Å². The third-order valence-corrected chi connectivity index (χ3v) is 3.35. The van der Waals surface area contributed by atoms with Crippen LogP contribution in [0.4, 0.5) is 0 Å². The lowest BCUT2D eigenvalue weighted by Gasteiger charge is -2.26. The second kappa shape index (κ2) is 4.29. The summed E-state index contributed by atoms with van der Waals surface area (Å²) in [5.74, 6) is 0.701. The molecule has 2 heterocycles. The van der Waals surface area contributed by atoms with E-state index in [9.17, 15) is 9.59 Å². The Morgan fingerprint density at radius 3 is 2.78 bits per heavy atom. The zero-order valence-corrected chi connectivity index (χ0v) is 9.98. The number of benzene rings is 1. The third kappa shape index (κ3) is 1.70. The minimum absolute atomic E-state index is 0.0245. The fourth-order valence-corrected chi connectivity index (χ4v) is 2.45. The molecule has 18 heavy (non-hydrogen) atoms. The highest BCUT2D eigenvalue weighted by atomic mass is 16.2. The molecule has 92 valence electrons. The Hall–Kier alpha value is -2.10. The first kappa shape index (κ1) is 11.0. The minimum Gasteiger partial charge on any atom is -0.371 e. The standard InChI is InChI=1S/C14H14N2O2/c17-12-9-11(14-15-7-4-8-16(12)14)13(18)10-5-2-1-3-6-10/h1-3,5-6,15H,4,7-9H2. The van der Waals surface area contributed by atoms with Gasteiger partial charge in [0.2, 0.25) is 5.91 Å². The molecule has 0 atom stereocenters. The van der Waals surface area contributed by atoms with Crippen LogP contribution in [0.25, 0.3) is 0 Å². The van der Waals surface area contributed by atoms with Crippen LogP contribution in [0, 0.1) is 0 Å². The first-order chi connectivity index (χ1) is 8.77. The average Bonchev–Trinajstić information content (AvgIpc) is 2.77. The first-order valence-corrected chi connectivity index (χ1v) is 6.14. The highest BCUT2D eigenvalue weighted by Gasteiger charge is 2.35. The molecule has 0 aliphatic carbocycles. The van der Waals surface area contributed by atoms with Gasteiger partial charge >= 0.3 is 0 Å². The molecule has 2 aliphatic rings. The van der Waals surface area contributed by atoms with Crippen molar-refractivity contribution in [2.45, 2.75) is 12.8 Å². The Kier molecular flexibility index (Phi) is 2.63. The number of nitrogens with zero attached hydrogens (tertiary/aromatic N) is 1. The second-order valence-electron chi connectivity index (χ2n) is 4.52. The predicted molar refractivity (Wildman–Crippen MR) is 66.7 cm³/mol. The molecule has 4 nitrogen and oxygen atoms in total. The Labute approximate surface area is 105 Å². The topological polar surface area (TPSA) is 49.4 Å². The maximum absolute atomic E-state index is 12.4. The second-order valence-corrected chi connectivity index (χ2v) is 4.52. The summed E-state index contributed by atoms with van der Waals surface area (Å²) in [5, 5.41) is 3.18. The van der Waals surface area contributed by atoms with Gasteiger partial charge in [0.25, 0.3) is 0 Å². The molecular weight excluding hydrogens is 228 g/mol. The van der Waals surface area contributed by atoms with Gasteiger partial charge in [-0.05, 0) is 6.42 Å². The molecule has 1 saturated heterocycles. The van der Waals surface area contributed by atoms with Crippen molar-refractivity contribution in [3.63, 3.8) is 0 Å². The van der Waals surface area contributed by atoms with Crippen LogP contribution in [0.2, 0.25) is 0 Å². The van der Waals surface area contributed by atoms with Gasteiger partial charge < -0.3 is 5.32 Å². The number of fused-ring (bicyclic) bond motifs is 1. The lowest BCUT2D eigenvalue weighted by atomic mass is 10.0. The quantitative estimate of drug-likeness (QED) is 0.795. The highest BCUT2D eigenvalue weighted by Crippen LogP contribution is 2.27. The van der Waals surface area contributed by atoms with Crippen LogP contribution in [0.5, 0.6) is 0 Å². The molecule has 0 saturated carbocycles. The van der Waals surface area contributed by atoms with Crippen LogP contribution in [-0.2, 0) is 4.79 Å². The summed E-state index contributed by atoms with van der Waals surface area (Å²) in [4.78, 5) is 25.9. The molecule has 2 aliphatic heterocycles. The molecule has 3 rings (SSSR count). The lowest BCUT2D eigenvalue weighted by Crippen LogP contribution is -2.39. The fraction of sp³-hybridized carbons (Fsp3) is 0.286. The van der Waals surface area contributed by atoms with Crippen molar-refractivity contribution < 1.29 is 9.59 Å². The summed E-state index contributed by atoms with van der Waals surface area (Å²) >= 11 is 0. The number of carbonyl (C=O) groups excluding carboxylic acids is 2. The van der Waals surface area contributed by atoms with Gasteiger partial charge in [0.1, 0.15) is 5.82 Å². The number of hydrogen-bond donors (Lipinski definition) is 1. The van der Waals surface area contributed by atoms with Crippen molar-refractivity contribution in [3.05, 3.63) is 47.3 Å². The molecule has 1 aromatic carbocycles. The zero-order valence-electron chi connectivity index (χ0n) is 9.98. The van der Waals surface area contributed by atoms with Crippen molar-refractivity contribution in [1.29, 1.82) is 0 Å². The van der Waals surface area contributed by atoms with Gasteiger partial charge in [-0.15, -0.1) is 0 Å². The predicted octanol–water partition coefficient (Wildman–Crippen LogP) is 1.31. The van der Waals surface area contributed by atoms with Crippen molar-refractivity contribution in [1.82, 2.24) is 10.2 Å². The molecular formula is C14H14N2O2. The Morgan fingerprint density at radius 2 is 2.00 bits per heavy atom. The van der Waals surface area contributed by atoms with Crippen molar-refractivity contribution >= 4 is 11.7 Å². The van der Waals surface area contributed by atoms with Gasteiger partial charge in [-0.25, -0.2) is 0 Å². The number of nitrogens with one attached hydrogen (secondary N) is 1. The Morgan fingerprint density at radius 1 is 1.22 bits per heavy atom. The number of hydrogen-bond acceptors (Lipinski definition) is 3. The molecule has 0 bridgehead atoms. The largest absolute Gasteiger partial charge is 0.371 e. The minimum atomic E-state index is -0.0455. The summed E-state index contributed by atoms with van der Waals surface area (Å²) in [6.07, 6.45) is 1.15. The van der Waals surface area contributed by atoms with E-state index in [-0.39, 0.29) is 18.1 Å². The monoisotopic (exact) mass is 242 g/mol. The first-order valence-electron chi connectivity index (χ1n) is 6.14. The molecule has 1 N–H and O–H groups in total. The van der Waals surface area contributed by atoms with E-state index in [0.717, 1.165) is 18.8 Å². The van der Waals surface area contributed by atoms with Crippen molar-refractivity contribution in [2.75, 3.05) is 13.1 Å². The van der Waals surface area contributed by atoms with E-state index < -0.39 is 0 Å². The van der Waals surface area contributed by atoms with Crippen molar-refractivity contribution in [3.8, 4) is 0 Å². The molecule has 0 unspecified atom stereocenters. The smallest absolute Gasteiger partial charge is 0.232 e. The SMILES string of the molecule is O=C(C1=C2NCCCN2C(=O)C1)c1ccccc1.